The zero-order chi connectivity index (χ0) is 26.6. The van der Waals surface area contributed by atoms with Crippen LogP contribution in [-0.2, 0) is 20.9 Å². The van der Waals surface area contributed by atoms with Crippen molar-refractivity contribution in [2.45, 2.75) is 78.1 Å². The first-order chi connectivity index (χ1) is 16.5. The topological polar surface area (TPSA) is 105 Å². The maximum atomic E-state index is 12.8. The number of carbonyl (C=O) groups excluding carboxylic acids is 3. The van der Waals surface area contributed by atoms with E-state index in [4.69, 9.17) is 0 Å². The monoisotopic (exact) mass is 520 g/mol. The SMILES string of the molecule is CC.CC(N)=O.CSC(C)(C)CC(=O)N1CCCC1C(=O)NCc1ccc(-c2scnc2C)cc1. The number of likely N-dealkylation sites (tertiary alicyclic amines) is 1. The number of hydrogen-bond acceptors (Lipinski definition) is 6. The van der Waals surface area contributed by atoms with Crippen molar-refractivity contribution in [1.82, 2.24) is 15.2 Å². The maximum absolute atomic E-state index is 12.8. The second-order valence-electron chi connectivity index (χ2n) is 8.68. The van der Waals surface area contributed by atoms with Crippen molar-refractivity contribution in [3.8, 4) is 10.4 Å². The van der Waals surface area contributed by atoms with Gasteiger partial charge in [0.15, 0.2) is 0 Å². The molecule has 194 valence electrons. The van der Waals surface area contributed by atoms with E-state index in [9.17, 15) is 14.4 Å². The molecule has 1 saturated heterocycles. The number of nitrogens with zero attached hydrogens (tertiary/aromatic N) is 2. The van der Waals surface area contributed by atoms with Crippen molar-refractivity contribution in [2.24, 2.45) is 5.73 Å². The average Bonchev–Trinajstić information content (AvgIpc) is 3.48. The third kappa shape index (κ3) is 10.0. The minimum Gasteiger partial charge on any atom is -0.370 e. The predicted molar refractivity (Wildman–Crippen MR) is 147 cm³/mol. The summed E-state index contributed by atoms with van der Waals surface area (Å²) in [7, 11) is 0. The number of nitrogens with one attached hydrogen (secondary N) is 1. The number of nitrogens with two attached hydrogens (primary N) is 1. The Morgan fingerprint density at radius 3 is 2.34 bits per heavy atom. The van der Waals surface area contributed by atoms with Gasteiger partial charge in [-0.1, -0.05) is 52.0 Å². The van der Waals surface area contributed by atoms with Crippen LogP contribution in [0.3, 0.4) is 0 Å². The van der Waals surface area contributed by atoms with E-state index in [1.165, 1.54) is 11.8 Å². The number of aryl methyl sites for hydroxylation is 1. The molecule has 1 unspecified atom stereocenters. The van der Waals surface area contributed by atoms with Gasteiger partial charge < -0.3 is 16.0 Å². The van der Waals surface area contributed by atoms with E-state index < -0.39 is 0 Å². The van der Waals surface area contributed by atoms with Gasteiger partial charge in [0.05, 0.1) is 16.1 Å². The molecule has 1 aromatic heterocycles. The Kier molecular flexibility index (Phi) is 13.0. The largest absolute Gasteiger partial charge is 0.370 e. The Hall–Kier alpha value is -2.39. The Labute approximate surface area is 218 Å². The lowest BCUT2D eigenvalue weighted by molar-refractivity contribution is -0.138. The minimum atomic E-state index is -0.348. The number of primary amides is 1. The molecule has 0 radical (unpaired) electrons. The van der Waals surface area contributed by atoms with Crippen molar-refractivity contribution in [1.29, 1.82) is 0 Å². The second kappa shape index (κ2) is 14.9. The number of hydrogen-bond donors (Lipinski definition) is 2. The van der Waals surface area contributed by atoms with Gasteiger partial charge in [-0.05, 0) is 37.1 Å². The van der Waals surface area contributed by atoms with Gasteiger partial charge in [0, 0.05) is 31.2 Å². The Balaban J connectivity index is 0.000000926. The highest BCUT2D eigenvalue weighted by molar-refractivity contribution is 7.99. The molecular formula is C26H40N4O3S2. The van der Waals surface area contributed by atoms with E-state index in [-0.39, 0.29) is 28.5 Å². The molecule has 1 atom stereocenters. The van der Waals surface area contributed by atoms with Gasteiger partial charge in [0.1, 0.15) is 6.04 Å². The molecule has 0 saturated carbocycles. The van der Waals surface area contributed by atoms with E-state index >= 15 is 0 Å². The molecule has 3 N–H and O–H groups in total. The van der Waals surface area contributed by atoms with E-state index in [0.29, 0.717) is 19.5 Å². The van der Waals surface area contributed by atoms with Gasteiger partial charge in [0.25, 0.3) is 0 Å². The average molecular weight is 521 g/mol. The molecule has 0 bridgehead atoms. The number of aromatic nitrogens is 1. The number of rotatable bonds is 7. The van der Waals surface area contributed by atoms with Gasteiger partial charge in [-0.3, -0.25) is 14.4 Å². The van der Waals surface area contributed by atoms with Crippen molar-refractivity contribution < 1.29 is 14.4 Å². The van der Waals surface area contributed by atoms with Gasteiger partial charge >= 0.3 is 0 Å². The normalized spacial score (nSPS) is 14.8. The highest BCUT2D eigenvalue weighted by Gasteiger charge is 2.35. The first-order valence-corrected chi connectivity index (χ1v) is 14.0. The maximum Gasteiger partial charge on any atom is 0.243 e. The van der Waals surface area contributed by atoms with E-state index in [1.54, 1.807) is 28.0 Å². The highest BCUT2D eigenvalue weighted by atomic mass is 32.2. The molecule has 2 aromatic rings. The predicted octanol–water partition coefficient (Wildman–Crippen LogP) is 4.78. The first-order valence-electron chi connectivity index (χ1n) is 11.9. The van der Waals surface area contributed by atoms with Crippen LogP contribution < -0.4 is 11.1 Å². The zero-order valence-corrected chi connectivity index (χ0v) is 23.6. The van der Waals surface area contributed by atoms with Crippen LogP contribution in [0.15, 0.2) is 29.8 Å². The quantitative estimate of drug-likeness (QED) is 0.547. The molecule has 3 rings (SSSR count). The highest BCUT2D eigenvalue weighted by Crippen LogP contribution is 2.29. The van der Waals surface area contributed by atoms with Gasteiger partial charge in [-0.25, -0.2) is 4.98 Å². The zero-order valence-electron chi connectivity index (χ0n) is 22.0. The molecular weight excluding hydrogens is 480 g/mol. The summed E-state index contributed by atoms with van der Waals surface area (Å²) in [5.74, 6) is -0.313. The third-order valence-electron chi connectivity index (χ3n) is 5.43. The Bertz CT molecular complexity index is 954. The number of benzene rings is 1. The summed E-state index contributed by atoms with van der Waals surface area (Å²) in [6.45, 7) is 12.6. The second-order valence-corrected chi connectivity index (χ2v) is 11.0. The third-order valence-corrected chi connectivity index (χ3v) is 7.66. The van der Waals surface area contributed by atoms with Crippen LogP contribution in [-0.4, -0.2) is 51.2 Å². The molecule has 1 aliphatic heterocycles. The molecule has 9 heteroatoms. The van der Waals surface area contributed by atoms with Crippen LogP contribution in [0.1, 0.15) is 65.1 Å². The summed E-state index contributed by atoms with van der Waals surface area (Å²) in [4.78, 5) is 41.9. The standard InChI is InChI=1S/C22H29N3O2S2.C2H5NO.C2H6/c1-15-20(29-14-24-15)17-9-7-16(8-10-17)13-23-21(27)18-6-5-11-25(18)19(26)12-22(2,3)28-4;1-2(3)4;1-2/h7-10,14,18H,5-6,11-13H2,1-4H3,(H,23,27);1H3,(H2,3,4);1-2H3. The molecule has 1 aliphatic rings. The molecule has 1 fully saturated rings. The van der Waals surface area contributed by atoms with Gasteiger partial charge in [-0.15, -0.1) is 11.3 Å². The molecule has 35 heavy (non-hydrogen) atoms. The number of amides is 3. The summed E-state index contributed by atoms with van der Waals surface area (Å²) in [5.41, 5.74) is 9.55. The molecule has 3 amide bonds. The van der Waals surface area contributed by atoms with Crippen molar-refractivity contribution >= 4 is 40.8 Å². The van der Waals surface area contributed by atoms with E-state index in [1.807, 2.05) is 44.7 Å². The molecule has 2 heterocycles. The van der Waals surface area contributed by atoms with Crippen LogP contribution in [0.25, 0.3) is 10.4 Å². The van der Waals surface area contributed by atoms with Gasteiger partial charge in [-0.2, -0.15) is 11.8 Å². The minimum absolute atomic E-state index is 0.0554. The summed E-state index contributed by atoms with van der Waals surface area (Å²) in [6, 6.07) is 7.86. The lowest BCUT2D eigenvalue weighted by atomic mass is 10.1. The Morgan fingerprint density at radius 2 is 1.83 bits per heavy atom. The smallest absolute Gasteiger partial charge is 0.243 e. The number of thioether (sulfide) groups is 1. The fraction of sp³-hybridized carbons (Fsp3) is 0.538. The summed E-state index contributed by atoms with van der Waals surface area (Å²) in [5, 5.41) is 3.02. The lowest BCUT2D eigenvalue weighted by Gasteiger charge is -2.28. The summed E-state index contributed by atoms with van der Waals surface area (Å²) < 4.78 is -0.112. The van der Waals surface area contributed by atoms with Gasteiger partial charge in [0.2, 0.25) is 17.7 Å². The van der Waals surface area contributed by atoms with E-state index in [2.05, 4.69) is 42.0 Å². The van der Waals surface area contributed by atoms with Crippen LogP contribution >= 0.6 is 23.1 Å². The van der Waals surface area contributed by atoms with E-state index in [0.717, 1.165) is 29.7 Å². The fourth-order valence-corrected chi connectivity index (χ4v) is 4.62. The molecule has 7 nitrogen and oxygen atoms in total. The van der Waals surface area contributed by atoms with Crippen molar-refractivity contribution in [2.75, 3.05) is 12.8 Å². The Morgan fingerprint density at radius 1 is 1.23 bits per heavy atom. The lowest BCUT2D eigenvalue weighted by Crippen LogP contribution is -2.46. The van der Waals surface area contributed by atoms with Crippen LogP contribution in [0.4, 0.5) is 0 Å². The number of thiazole rings is 1. The molecule has 0 spiro atoms. The summed E-state index contributed by atoms with van der Waals surface area (Å²) in [6.07, 6.45) is 4.09. The van der Waals surface area contributed by atoms with Crippen LogP contribution in [0.5, 0.6) is 0 Å². The first kappa shape index (κ1) is 30.6. The van der Waals surface area contributed by atoms with Crippen molar-refractivity contribution in [3.05, 3.63) is 41.0 Å². The van der Waals surface area contributed by atoms with Crippen LogP contribution in [0, 0.1) is 6.92 Å². The summed E-state index contributed by atoms with van der Waals surface area (Å²) >= 11 is 3.31. The molecule has 0 aliphatic carbocycles. The molecule has 1 aromatic carbocycles. The number of carbonyl (C=O) groups is 3. The van der Waals surface area contributed by atoms with Crippen LogP contribution in [0.2, 0.25) is 0 Å². The van der Waals surface area contributed by atoms with Crippen molar-refractivity contribution in [3.63, 3.8) is 0 Å². The fourth-order valence-electron chi connectivity index (χ4n) is 3.54.